The molecule has 0 unspecified atom stereocenters. The second kappa shape index (κ2) is 19.1. The summed E-state index contributed by atoms with van der Waals surface area (Å²) in [4.78, 5) is 0. The van der Waals surface area contributed by atoms with Gasteiger partial charge in [0.25, 0.3) is 0 Å². The molecule has 0 fully saturated rings. The summed E-state index contributed by atoms with van der Waals surface area (Å²) in [5.74, 6) is 0.325. The highest BCUT2D eigenvalue weighted by Gasteiger charge is 2.26. The minimum Gasteiger partial charge on any atom is -0.396 e. The summed E-state index contributed by atoms with van der Waals surface area (Å²) in [6, 6.07) is 0. The number of aliphatic hydroxyl groups excluding tert-OH is 1. The van der Waals surface area contributed by atoms with Crippen LogP contribution in [0.15, 0.2) is 0 Å². The highest BCUT2D eigenvalue weighted by molar-refractivity contribution is 7.90. The van der Waals surface area contributed by atoms with Gasteiger partial charge in [-0.3, -0.25) is 0 Å². The second-order valence-electron chi connectivity index (χ2n) is 10.6. The van der Waals surface area contributed by atoms with E-state index in [1.165, 1.54) is 70.5 Å². The first-order valence-electron chi connectivity index (χ1n) is 14.1. The number of hydrogen-bond acceptors (Lipinski definition) is 4. The van der Waals surface area contributed by atoms with E-state index in [1.54, 1.807) is 0 Å². The number of rotatable bonds is 24. The largest absolute Gasteiger partial charge is 0.396 e. The van der Waals surface area contributed by atoms with Crippen LogP contribution in [0.3, 0.4) is 0 Å². The molecule has 0 heterocycles. The molecule has 0 bridgehead atoms. The molecule has 1 N–H and O–H groups in total. The molecular weight excluding hydrogens is 432 g/mol. The smallest absolute Gasteiger partial charge is 0.147 e. The lowest BCUT2D eigenvalue weighted by atomic mass is 9.74. The van der Waals surface area contributed by atoms with Crippen molar-refractivity contribution in [2.75, 3.05) is 31.8 Å². The molecule has 0 amide bonds. The molecule has 0 spiro atoms. The summed E-state index contributed by atoms with van der Waals surface area (Å²) < 4.78 is 28.7. The minimum atomic E-state index is -2.83. The Morgan fingerprint density at radius 3 is 1.36 bits per heavy atom. The molecule has 4 nitrogen and oxygen atoms in total. The number of ether oxygens (including phenoxy) is 1. The summed E-state index contributed by atoms with van der Waals surface area (Å²) in [5, 5.41) is 8.99. The SMILES string of the molecule is CCC(CC)(CCCCCO)CCCCOCCCCC(CC)(CC)CCCCS(C)(=O)=O. The van der Waals surface area contributed by atoms with E-state index >= 15 is 0 Å². The topological polar surface area (TPSA) is 63.6 Å². The highest BCUT2D eigenvalue weighted by atomic mass is 32.2. The molecule has 0 aromatic heterocycles. The average molecular weight is 491 g/mol. The maximum absolute atomic E-state index is 11.4. The normalized spacial score (nSPS) is 13.0. The molecule has 0 aromatic carbocycles. The molecule has 0 saturated carbocycles. The third-order valence-electron chi connectivity index (χ3n) is 8.33. The van der Waals surface area contributed by atoms with Crippen LogP contribution in [0.5, 0.6) is 0 Å². The minimum absolute atomic E-state index is 0.325. The fraction of sp³-hybridized carbons (Fsp3) is 1.00. The van der Waals surface area contributed by atoms with Gasteiger partial charge >= 0.3 is 0 Å². The summed E-state index contributed by atoms with van der Waals surface area (Å²) in [7, 11) is -2.83. The molecule has 33 heavy (non-hydrogen) atoms. The number of hydrogen-bond donors (Lipinski definition) is 1. The van der Waals surface area contributed by atoms with E-state index in [9.17, 15) is 8.42 Å². The van der Waals surface area contributed by atoms with Crippen molar-refractivity contribution in [3.63, 3.8) is 0 Å². The Labute approximate surface area is 207 Å². The number of unbranched alkanes of at least 4 members (excludes halogenated alkanes) is 5. The number of sulfone groups is 1. The molecule has 0 aliphatic carbocycles. The molecule has 0 atom stereocenters. The van der Waals surface area contributed by atoms with Crippen molar-refractivity contribution >= 4 is 9.84 Å². The quantitative estimate of drug-likeness (QED) is 0.141. The maximum Gasteiger partial charge on any atom is 0.147 e. The van der Waals surface area contributed by atoms with Crippen molar-refractivity contribution in [2.45, 2.75) is 137 Å². The standard InChI is InChI=1S/C28H58O4S/c1-6-27(7-2,19-11-10-15-23-29)20-12-16-24-32-25-17-13-21-28(8-3,9-4)22-14-18-26-33(5,30)31/h29H,6-26H2,1-5H3. The predicted molar refractivity (Wildman–Crippen MR) is 144 cm³/mol. The first-order chi connectivity index (χ1) is 15.7. The van der Waals surface area contributed by atoms with E-state index in [4.69, 9.17) is 9.84 Å². The zero-order valence-electron chi connectivity index (χ0n) is 22.9. The van der Waals surface area contributed by atoms with E-state index in [0.29, 0.717) is 23.2 Å². The molecule has 0 rings (SSSR count). The van der Waals surface area contributed by atoms with Gasteiger partial charge in [-0.25, -0.2) is 8.42 Å². The lowest BCUT2D eigenvalue weighted by molar-refractivity contribution is 0.113. The van der Waals surface area contributed by atoms with Crippen LogP contribution in [-0.4, -0.2) is 45.4 Å². The van der Waals surface area contributed by atoms with E-state index in [2.05, 4.69) is 27.7 Å². The van der Waals surface area contributed by atoms with Crippen LogP contribution in [0.25, 0.3) is 0 Å². The molecule has 5 heteroatoms. The van der Waals surface area contributed by atoms with Crippen molar-refractivity contribution in [3.8, 4) is 0 Å². The Hall–Kier alpha value is -0.130. The molecule has 0 saturated heterocycles. The van der Waals surface area contributed by atoms with Crippen molar-refractivity contribution in [1.82, 2.24) is 0 Å². The molecule has 0 aliphatic rings. The van der Waals surface area contributed by atoms with Crippen LogP contribution in [0.2, 0.25) is 0 Å². The van der Waals surface area contributed by atoms with Gasteiger partial charge in [0.1, 0.15) is 9.84 Å². The monoisotopic (exact) mass is 490 g/mol. The highest BCUT2D eigenvalue weighted by Crippen LogP contribution is 2.39. The third kappa shape index (κ3) is 16.2. The van der Waals surface area contributed by atoms with E-state index in [-0.39, 0.29) is 0 Å². The molecule has 0 aliphatic heterocycles. The van der Waals surface area contributed by atoms with Crippen molar-refractivity contribution in [2.24, 2.45) is 10.8 Å². The van der Waals surface area contributed by atoms with Gasteiger partial charge in [-0.15, -0.1) is 0 Å². The van der Waals surface area contributed by atoms with Gasteiger partial charge in [0.2, 0.25) is 0 Å². The Balaban J connectivity index is 4.01. The number of aliphatic hydroxyl groups is 1. The van der Waals surface area contributed by atoms with Crippen molar-refractivity contribution < 1.29 is 18.3 Å². The van der Waals surface area contributed by atoms with Gasteiger partial charge in [-0.1, -0.05) is 85.5 Å². The Morgan fingerprint density at radius 1 is 0.606 bits per heavy atom. The van der Waals surface area contributed by atoms with E-state index in [0.717, 1.165) is 58.2 Å². The zero-order chi connectivity index (χ0) is 25.1. The Bertz CT molecular complexity index is 536. The fourth-order valence-corrected chi connectivity index (χ4v) is 6.06. The first-order valence-corrected chi connectivity index (χ1v) is 16.1. The summed E-state index contributed by atoms with van der Waals surface area (Å²) in [6.45, 7) is 11.3. The molecule has 200 valence electrons. The van der Waals surface area contributed by atoms with E-state index in [1.807, 2.05) is 0 Å². The van der Waals surface area contributed by atoms with E-state index < -0.39 is 9.84 Å². The molecular formula is C28H58O4S. The van der Waals surface area contributed by atoms with Crippen molar-refractivity contribution in [3.05, 3.63) is 0 Å². The summed E-state index contributed by atoms with van der Waals surface area (Å²) in [6.07, 6.45) is 21.1. The molecule has 0 aromatic rings. The Morgan fingerprint density at radius 2 is 1.00 bits per heavy atom. The van der Waals surface area contributed by atoms with Gasteiger partial charge in [-0.05, 0) is 62.2 Å². The van der Waals surface area contributed by atoms with Gasteiger partial charge < -0.3 is 9.84 Å². The lowest BCUT2D eigenvalue weighted by Crippen LogP contribution is -2.20. The van der Waals surface area contributed by atoms with Crippen LogP contribution in [0.1, 0.15) is 137 Å². The maximum atomic E-state index is 11.4. The summed E-state index contributed by atoms with van der Waals surface area (Å²) in [5.41, 5.74) is 0.860. The Kier molecular flexibility index (Phi) is 19.0. The third-order valence-corrected chi connectivity index (χ3v) is 9.36. The van der Waals surface area contributed by atoms with Gasteiger partial charge in [-0.2, -0.15) is 0 Å². The lowest BCUT2D eigenvalue weighted by Gasteiger charge is -2.32. The van der Waals surface area contributed by atoms with Gasteiger partial charge in [0.05, 0.1) is 0 Å². The van der Waals surface area contributed by atoms with Crippen LogP contribution in [-0.2, 0) is 14.6 Å². The van der Waals surface area contributed by atoms with Gasteiger partial charge in [0.15, 0.2) is 0 Å². The summed E-state index contributed by atoms with van der Waals surface area (Å²) >= 11 is 0. The van der Waals surface area contributed by atoms with Crippen LogP contribution in [0, 0.1) is 10.8 Å². The zero-order valence-corrected chi connectivity index (χ0v) is 23.7. The first kappa shape index (κ1) is 32.9. The van der Waals surface area contributed by atoms with Gasteiger partial charge in [0, 0.05) is 31.8 Å². The van der Waals surface area contributed by atoms with Crippen LogP contribution >= 0.6 is 0 Å². The average Bonchev–Trinajstić information content (AvgIpc) is 2.80. The fourth-order valence-electron chi connectivity index (χ4n) is 5.33. The predicted octanol–water partition coefficient (Wildman–Crippen LogP) is 7.72. The van der Waals surface area contributed by atoms with Crippen LogP contribution in [0.4, 0.5) is 0 Å². The van der Waals surface area contributed by atoms with Crippen LogP contribution < -0.4 is 0 Å². The van der Waals surface area contributed by atoms with Crippen molar-refractivity contribution in [1.29, 1.82) is 0 Å². The molecule has 0 radical (unpaired) electrons. The second-order valence-corrected chi connectivity index (χ2v) is 12.8.